The first-order valence-electron chi connectivity index (χ1n) is 8.09. The van der Waals surface area contributed by atoms with E-state index in [1.165, 1.54) is 64.6 Å². The Hall–Kier alpha value is -0.0400. The van der Waals surface area contributed by atoms with E-state index in [2.05, 4.69) is 22.1 Å². The van der Waals surface area contributed by atoms with E-state index in [0.717, 1.165) is 19.5 Å². The fourth-order valence-corrected chi connectivity index (χ4v) is 2.48. The first kappa shape index (κ1) is 20.0. The third-order valence-electron chi connectivity index (χ3n) is 3.70. The van der Waals surface area contributed by atoms with E-state index in [1.54, 1.807) is 0 Å². The van der Waals surface area contributed by atoms with Crippen molar-refractivity contribution < 1.29 is 0 Å². The molecule has 1 rings (SSSR count). The molecule has 1 aliphatic rings. The number of hydrogen-bond acceptors (Lipinski definition) is 2. The zero-order chi connectivity index (χ0) is 13.8. The molecule has 1 saturated heterocycles. The molecule has 120 valence electrons. The standard InChI is InChI=1S/C15H32N4.HI/c1-2-3-4-5-10-17-15(16)18-11-6-7-12-19-13-8-9-14-19;/h2-14H2,1H3,(H3,16,17,18);1H. The van der Waals surface area contributed by atoms with Crippen molar-refractivity contribution in [2.45, 2.75) is 58.3 Å². The minimum atomic E-state index is 0. The quantitative estimate of drug-likeness (QED) is 0.258. The van der Waals surface area contributed by atoms with Gasteiger partial charge < -0.3 is 16.0 Å². The van der Waals surface area contributed by atoms with Crippen molar-refractivity contribution in [3.8, 4) is 0 Å². The van der Waals surface area contributed by atoms with Crippen molar-refractivity contribution in [3.05, 3.63) is 0 Å². The van der Waals surface area contributed by atoms with Crippen LogP contribution in [0, 0.1) is 0 Å². The minimum absolute atomic E-state index is 0. The molecule has 1 aliphatic heterocycles. The van der Waals surface area contributed by atoms with Gasteiger partial charge in [-0.1, -0.05) is 26.2 Å². The van der Waals surface area contributed by atoms with Crippen LogP contribution in [0.5, 0.6) is 0 Å². The third-order valence-corrected chi connectivity index (χ3v) is 3.70. The van der Waals surface area contributed by atoms with E-state index in [9.17, 15) is 0 Å². The van der Waals surface area contributed by atoms with Gasteiger partial charge in [-0.25, -0.2) is 0 Å². The Morgan fingerprint density at radius 2 is 1.85 bits per heavy atom. The van der Waals surface area contributed by atoms with Crippen molar-refractivity contribution in [3.63, 3.8) is 0 Å². The molecule has 0 unspecified atom stereocenters. The number of halogens is 1. The van der Waals surface area contributed by atoms with Gasteiger partial charge in [-0.15, -0.1) is 24.0 Å². The van der Waals surface area contributed by atoms with Crippen molar-refractivity contribution in [1.82, 2.24) is 10.2 Å². The van der Waals surface area contributed by atoms with Gasteiger partial charge in [0.05, 0.1) is 0 Å². The fourth-order valence-electron chi connectivity index (χ4n) is 2.48. The second kappa shape index (κ2) is 13.9. The van der Waals surface area contributed by atoms with Crippen LogP contribution >= 0.6 is 24.0 Å². The lowest BCUT2D eigenvalue weighted by Gasteiger charge is -2.14. The molecule has 0 aromatic rings. The maximum Gasteiger partial charge on any atom is 0.188 e. The first-order chi connectivity index (χ1) is 9.33. The van der Waals surface area contributed by atoms with Gasteiger partial charge in [0.1, 0.15) is 0 Å². The summed E-state index contributed by atoms with van der Waals surface area (Å²) in [6, 6.07) is 0. The molecule has 0 atom stereocenters. The van der Waals surface area contributed by atoms with Crippen molar-refractivity contribution >= 4 is 29.9 Å². The summed E-state index contributed by atoms with van der Waals surface area (Å²) >= 11 is 0. The van der Waals surface area contributed by atoms with Gasteiger partial charge in [0.2, 0.25) is 0 Å². The van der Waals surface area contributed by atoms with E-state index >= 15 is 0 Å². The molecule has 0 aromatic heterocycles. The van der Waals surface area contributed by atoms with Crippen LogP contribution in [0.2, 0.25) is 0 Å². The van der Waals surface area contributed by atoms with E-state index < -0.39 is 0 Å². The number of guanidine groups is 1. The van der Waals surface area contributed by atoms with E-state index in [1.807, 2.05) is 0 Å². The second-order valence-corrected chi connectivity index (χ2v) is 5.51. The van der Waals surface area contributed by atoms with Crippen LogP contribution in [0.1, 0.15) is 58.3 Å². The van der Waals surface area contributed by atoms with Gasteiger partial charge in [-0.05, 0) is 51.7 Å². The van der Waals surface area contributed by atoms with Crippen LogP contribution in [0.4, 0.5) is 0 Å². The number of aliphatic imine (C=N–C) groups is 1. The lowest BCUT2D eigenvalue weighted by molar-refractivity contribution is 0.330. The molecule has 0 saturated carbocycles. The first-order valence-corrected chi connectivity index (χ1v) is 8.09. The molecule has 3 N–H and O–H groups in total. The van der Waals surface area contributed by atoms with Crippen LogP contribution in [0.3, 0.4) is 0 Å². The van der Waals surface area contributed by atoms with Crippen molar-refractivity contribution in [1.29, 1.82) is 0 Å². The normalized spacial score (nSPS) is 16.1. The number of hydrogen-bond donors (Lipinski definition) is 2. The highest BCUT2D eigenvalue weighted by Gasteiger charge is 2.09. The van der Waals surface area contributed by atoms with E-state index in [0.29, 0.717) is 5.96 Å². The largest absolute Gasteiger partial charge is 0.370 e. The minimum Gasteiger partial charge on any atom is -0.370 e. The number of nitrogens with two attached hydrogens (primary N) is 1. The number of nitrogens with zero attached hydrogens (tertiary/aromatic N) is 2. The lowest BCUT2D eigenvalue weighted by atomic mass is 10.2. The summed E-state index contributed by atoms with van der Waals surface area (Å²) in [6.45, 7) is 7.89. The summed E-state index contributed by atoms with van der Waals surface area (Å²) in [7, 11) is 0. The molecule has 1 fully saturated rings. The average Bonchev–Trinajstić information content (AvgIpc) is 2.91. The molecule has 0 aliphatic carbocycles. The van der Waals surface area contributed by atoms with E-state index in [4.69, 9.17) is 5.73 Å². The summed E-state index contributed by atoms with van der Waals surface area (Å²) < 4.78 is 0. The smallest absolute Gasteiger partial charge is 0.188 e. The maximum absolute atomic E-state index is 5.82. The molecule has 0 aromatic carbocycles. The maximum atomic E-state index is 5.82. The van der Waals surface area contributed by atoms with Crippen LogP contribution in [-0.4, -0.2) is 43.6 Å². The summed E-state index contributed by atoms with van der Waals surface area (Å²) in [6.07, 6.45) is 10.2. The molecule has 20 heavy (non-hydrogen) atoms. The molecule has 0 spiro atoms. The molecule has 0 radical (unpaired) electrons. The van der Waals surface area contributed by atoms with Crippen LogP contribution in [-0.2, 0) is 0 Å². The number of rotatable bonds is 10. The summed E-state index contributed by atoms with van der Waals surface area (Å²) in [4.78, 5) is 6.90. The average molecular weight is 396 g/mol. The Bertz CT molecular complexity index is 240. The summed E-state index contributed by atoms with van der Waals surface area (Å²) in [5.74, 6) is 0.623. The molecular weight excluding hydrogens is 363 g/mol. The molecule has 5 heteroatoms. The topological polar surface area (TPSA) is 53.6 Å². The Kier molecular flexibility index (Phi) is 13.9. The molecule has 0 amide bonds. The lowest BCUT2D eigenvalue weighted by Crippen LogP contribution is -2.33. The van der Waals surface area contributed by atoms with Gasteiger partial charge in [-0.2, -0.15) is 0 Å². The highest BCUT2D eigenvalue weighted by Crippen LogP contribution is 2.07. The van der Waals surface area contributed by atoms with E-state index in [-0.39, 0.29) is 24.0 Å². The van der Waals surface area contributed by atoms with Crippen molar-refractivity contribution in [2.24, 2.45) is 10.7 Å². The molecular formula is C15H33IN4. The SMILES string of the molecule is CCCCCCN=C(N)NCCCCN1CCCC1.I. The predicted octanol–water partition coefficient (Wildman–Crippen LogP) is 2.97. The zero-order valence-corrected chi connectivity index (χ0v) is 15.4. The highest BCUT2D eigenvalue weighted by molar-refractivity contribution is 14.0. The Morgan fingerprint density at radius 3 is 2.55 bits per heavy atom. The number of unbranched alkanes of at least 4 members (excludes halogenated alkanes) is 4. The summed E-state index contributed by atoms with van der Waals surface area (Å²) in [5, 5.41) is 3.21. The van der Waals surface area contributed by atoms with Crippen LogP contribution < -0.4 is 11.1 Å². The Morgan fingerprint density at radius 1 is 1.10 bits per heavy atom. The van der Waals surface area contributed by atoms with Gasteiger partial charge in [0.25, 0.3) is 0 Å². The molecule has 4 nitrogen and oxygen atoms in total. The number of nitrogens with one attached hydrogen (secondary N) is 1. The van der Waals surface area contributed by atoms with Gasteiger partial charge in [0.15, 0.2) is 5.96 Å². The monoisotopic (exact) mass is 396 g/mol. The van der Waals surface area contributed by atoms with Gasteiger partial charge in [0, 0.05) is 13.1 Å². The molecule has 1 heterocycles. The fraction of sp³-hybridized carbons (Fsp3) is 0.933. The van der Waals surface area contributed by atoms with Gasteiger partial charge in [-0.3, -0.25) is 4.99 Å². The third kappa shape index (κ3) is 10.7. The second-order valence-electron chi connectivity index (χ2n) is 5.51. The zero-order valence-electron chi connectivity index (χ0n) is 13.1. The molecule has 0 bridgehead atoms. The number of likely N-dealkylation sites (tertiary alicyclic amines) is 1. The van der Waals surface area contributed by atoms with Gasteiger partial charge >= 0.3 is 0 Å². The van der Waals surface area contributed by atoms with Crippen molar-refractivity contribution in [2.75, 3.05) is 32.7 Å². The Balaban J connectivity index is 0.00000361. The Labute approximate surface area is 142 Å². The highest BCUT2D eigenvalue weighted by atomic mass is 127. The van der Waals surface area contributed by atoms with Crippen LogP contribution in [0.25, 0.3) is 0 Å². The summed E-state index contributed by atoms with van der Waals surface area (Å²) in [5.41, 5.74) is 5.82. The van der Waals surface area contributed by atoms with Crippen LogP contribution in [0.15, 0.2) is 4.99 Å². The predicted molar refractivity (Wildman–Crippen MR) is 99.0 cm³/mol.